The largest absolute Gasteiger partial charge is 0.467 e. The van der Waals surface area contributed by atoms with E-state index in [9.17, 15) is 0 Å². The Hall–Kier alpha value is -2.38. The third-order valence-corrected chi connectivity index (χ3v) is 5.12. The second kappa shape index (κ2) is 7.47. The van der Waals surface area contributed by atoms with Crippen molar-refractivity contribution in [2.45, 2.75) is 20.4 Å². The molecule has 7 heteroatoms. The van der Waals surface area contributed by atoms with E-state index in [1.54, 1.807) is 12.6 Å². The molecule has 1 N–H and O–H groups in total. The number of ether oxygens (including phenoxy) is 1. The Morgan fingerprint density at radius 1 is 1.19 bits per heavy atom. The smallest absolute Gasteiger partial charge is 0.146 e. The highest BCUT2D eigenvalue weighted by Gasteiger charge is 2.17. The molecule has 1 saturated heterocycles. The number of aryl methyl sites for hydroxylation is 1. The van der Waals surface area contributed by atoms with Gasteiger partial charge in [0.2, 0.25) is 0 Å². The number of anilines is 1. The fourth-order valence-corrected chi connectivity index (χ4v) is 3.51. The van der Waals surface area contributed by atoms with Gasteiger partial charge in [0.1, 0.15) is 23.6 Å². The zero-order valence-electron chi connectivity index (χ0n) is 15.4. The summed E-state index contributed by atoms with van der Waals surface area (Å²) in [5.74, 6) is 1.83. The van der Waals surface area contributed by atoms with Crippen molar-refractivity contribution >= 4 is 16.9 Å². The van der Waals surface area contributed by atoms with E-state index in [2.05, 4.69) is 38.6 Å². The van der Waals surface area contributed by atoms with Gasteiger partial charge in [-0.05, 0) is 31.5 Å². The van der Waals surface area contributed by atoms with Gasteiger partial charge in [-0.25, -0.2) is 9.97 Å². The van der Waals surface area contributed by atoms with Crippen LogP contribution in [0, 0.1) is 13.8 Å². The summed E-state index contributed by atoms with van der Waals surface area (Å²) < 4.78 is 13.1. The molecule has 0 spiro atoms. The number of nitrogens with one attached hydrogen (secondary N) is 1. The molecule has 0 unspecified atom stereocenters. The van der Waals surface area contributed by atoms with Crippen LogP contribution in [0.2, 0.25) is 0 Å². The fraction of sp³-hybridized carbons (Fsp3) is 0.474. The summed E-state index contributed by atoms with van der Waals surface area (Å²) in [6.45, 7) is 10.4. The Balaban J connectivity index is 1.55. The minimum absolute atomic E-state index is 0.674. The molecule has 1 aliphatic rings. The molecule has 138 valence electrons. The second-order valence-electron chi connectivity index (χ2n) is 6.68. The maximum absolute atomic E-state index is 5.52. The summed E-state index contributed by atoms with van der Waals surface area (Å²) in [4.78, 5) is 11.5. The summed E-state index contributed by atoms with van der Waals surface area (Å²) in [5, 5.41) is 4.60. The van der Waals surface area contributed by atoms with Crippen LogP contribution in [-0.4, -0.2) is 58.8 Å². The number of hydrogen-bond acceptors (Lipinski definition) is 6. The third kappa shape index (κ3) is 3.32. The maximum Gasteiger partial charge on any atom is 0.146 e. The molecule has 0 aliphatic carbocycles. The lowest BCUT2D eigenvalue weighted by atomic mass is 10.2. The highest BCUT2D eigenvalue weighted by Crippen LogP contribution is 2.29. The molecule has 3 aromatic heterocycles. The first kappa shape index (κ1) is 17.1. The Morgan fingerprint density at radius 3 is 2.81 bits per heavy atom. The maximum atomic E-state index is 5.52. The SMILES string of the molecule is Cc1c(C)n(Cc2ccco2)c2ncnc(NCCN3CCOCC3)c12. The Bertz CT molecular complexity index is 866. The van der Waals surface area contributed by atoms with E-state index >= 15 is 0 Å². The van der Waals surface area contributed by atoms with Gasteiger partial charge in [0.15, 0.2) is 0 Å². The zero-order valence-corrected chi connectivity index (χ0v) is 15.4. The number of fused-ring (bicyclic) bond motifs is 1. The normalized spacial score (nSPS) is 15.6. The number of nitrogens with zero attached hydrogens (tertiary/aromatic N) is 4. The molecule has 7 nitrogen and oxygen atoms in total. The van der Waals surface area contributed by atoms with E-state index in [1.807, 2.05) is 12.1 Å². The molecule has 0 aromatic carbocycles. The second-order valence-corrected chi connectivity index (χ2v) is 6.68. The molecular weight excluding hydrogens is 330 g/mol. The van der Waals surface area contributed by atoms with Gasteiger partial charge in [0, 0.05) is 31.9 Å². The van der Waals surface area contributed by atoms with Gasteiger partial charge in [0.25, 0.3) is 0 Å². The zero-order chi connectivity index (χ0) is 17.9. The van der Waals surface area contributed by atoms with Gasteiger partial charge < -0.3 is 19.0 Å². The van der Waals surface area contributed by atoms with Crippen LogP contribution >= 0.6 is 0 Å². The molecule has 4 heterocycles. The Labute approximate surface area is 153 Å². The predicted octanol–water partition coefficient (Wildman–Crippen LogP) is 2.43. The average Bonchev–Trinajstić information content (AvgIpc) is 3.26. The Morgan fingerprint density at radius 2 is 2.04 bits per heavy atom. The van der Waals surface area contributed by atoms with Crippen LogP contribution in [0.1, 0.15) is 17.0 Å². The van der Waals surface area contributed by atoms with E-state index in [0.717, 1.165) is 62.0 Å². The van der Waals surface area contributed by atoms with Crippen LogP contribution in [0.3, 0.4) is 0 Å². The van der Waals surface area contributed by atoms with Crippen LogP contribution in [0.15, 0.2) is 29.1 Å². The van der Waals surface area contributed by atoms with E-state index < -0.39 is 0 Å². The van der Waals surface area contributed by atoms with Crippen molar-refractivity contribution in [2.24, 2.45) is 0 Å². The molecule has 0 radical (unpaired) electrons. The lowest BCUT2D eigenvalue weighted by Crippen LogP contribution is -2.39. The molecule has 4 rings (SSSR count). The average molecular weight is 355 g/mol. The van der Waals surface area contributed by atoms with Gasteiger partial charge in [-0.15, -0.1) is 0 Å². The van der Waals surface area contributed by atoms with E-state index in [4.69, 9.17) is 9.15 Å². The molecule has 0 amide bonds. The molecule has 1 fully saturated rings. The van der Waals surface area contributed by atoms with Crippen LogP contribution in [0.4, 0.5) is 5.82 Å². The minimum atomic E-state index is 0.674. The van der Waals surface area contributed by atoms with Gasteiger partial charge in [0.05, 0.1) is 31.4 Å². The summed E-state index contributed by atoms with van der Waals surface area (Å²) in [7, 11) is 0. The lowest BCUT2D eigenvalue weighted by molar-refractivity contribution is 0.0398. The minimum Gasteiger partial charge on any atom is -0.467 e. The molecule has 0 saturated carbocycles. The van der Waals surface area contributed by atoms with Crippen molar-refractivity contribution in [1.82, 2.24) is 19.4 Å². The van der Waals surface area contributed by atoms with E-state index in [1.165, 1.54) is 11.3 Å². The summed E-state index contributed by atoms with van der Waals surface area (Å²) in [5.41, 5.74) is 3.34. The predicted molar refractivity (Wildman–Crippen MR) is 101 cm³/mol. The van der Waals surface area contributed by atoms with Crippen molar-refractivity contribution in [1.29, 1.82) is 0 Å². The topological polar surface area (TPSA) is 68.4 Å². The number of rotatable bonds is 6. The lowest BCUT2D eigenvalue weighted by Gasteiger charge is -2.26. The van der Waals surface area contributed by atoms with Crippen LogP contribution in [0.5, 0.6) is 0 Å². The van der Waals surface area contributed by atoms with Crippen molar-refractivity contribution < 1.29 is 9.15 Å². The number of aromatic nitrogens is 3. The standard InChI is InChI=1S/C19H25N5O2/c1-14-15(2)24(12-16-4-3-9-26-16)19-17(14)18(21-13-22-19)20-5-6-23-7-10-25-11-8-23/h3-4,9,13H,5-8,10-12H2,1-2H3,(H,20,21,22). The van der Waals surface area contributed by atoms with Crippen molar-refractivity contribution in [3.8, 4) is 0 Å². The summed E-state index contributed by atoms with van der Waals surface area (Å²) in [6, 6.07) is 3.90. The van der Waals surface area contributed by atoms with E-state index in [0.29, 0.717) is 6.54 Å². The van der Waals surface area contributed by atoms with Crippen LogP contribution < -0.4 is 5.32 Å². The molecule has 0 bridgehead atoms. The number of furan rings is 1. The summed E-state index contributed by atoms with van der Waals surface area (Å²) in [6.07, 6.45) is 3.34. The van der Waals surface area contributed by atoms with Gasteiger partial charge >= 0.3 is 0 Å². The highest BCUT2D eigenvalue weighted by atomic mass is 16.5. The van der Waals surface area contributed by atoms with E-state index in [-0.39, 0.29) is 0 Å². The quantitative estimate of drug-likeness (QED) is 0.732. The van der Waals surface area contributed by atoms with Crippen molar-refractivity contribution in [2.75, 3.05) is 44.7 Å². The van der Waals surface area contributed by atoms with Gasteiger partial charge in [-0.3, -0.25) is 4.90 Å². The first-order chi connectivity index (χ1) is 12.7. The first-order valence-electron chi connectivity index (χ1n) is 9.11. The van der Waals surface area contributed by atoms with Gasteiger partial charge in [-0.2, -0.15) is 0 Å². The molecule has 26 heavy (non-hydrogen) atoms. The molecule has 1 aliphatic heterocycles. The monoisotopic (exact) mass is 355 g/mol. The van der Waals surface area contributed by atoms with Gasteiger partial charge in [-0.1, -0.05) is 0 Å². The van der Waals surface area contributed by atoms with Crippen molar-refractivity contribution in [3.63, 3.8) is 0 Å². The molecule has 0 atom stereocenters. The third-order valence-electron chi connectivity index (χ3n) is 5.12. The fourth-order valence-electron chi connectivity index (χ4n) is 3.51. The Kier molecular flexibility index (Phi) is 4.90. The van der Waals surface area contributed by atoms with Crippen molar-refractivity contribution in [3.05, 3.63) is 41.7 Å². The summed E-state index contributed by atoms with van der Waals surface area (Å²) >= 11 is 0. The number of morpholine rings is 1. The first-order valence-corrected chi connectivity index (χ1v) is 9.11. The molecular formula is C19H25N5O2. The number of hydrogen-bond donors (Lipinski definition) is 1. The molecule has 3 aromatic rings. The highest BCUT2D eigenvalue weighted by molar-refractivity contribution is 5.91. The van der Waals surface area contributed by atoms with Crippen LogP contribution in [-0.2, 0) is 11.3 Å². The van der Waals surface area contributed by atoms with Crippen LogP contribution in [0.25, 0.3) is 11.0 Å².